The molecule has 0 unspecified atom stereocenters. The Kier molecular flexibility index (Phi) is 13.5. The molecule has 0 aromatic heterocycles. The number of ether oxygens (including phenoxy) is 7. The van der Waals surface area contributed by atoms with Crippen LogP contribution in [0.5, 0.6) is 0 Å². The first-order valence-corrected chi connectivity index (χ1v) is 10.5. The highest BCUT2D eigenvalue weighted by molar-refractivity contribution is 5.73. The topological polar surface area (TPSA) is 171 Å². The van der Waals surface area contributed by atoms with E-state index in [1.165, 1.54) is 20.8 Å². The molecule has 0 saturated carbocycles. The van der Waals surface area contributed by atoms with Gasteiger partial charge in [0.25, 0.3) is 0 Å². The first-order valence-electron chi connectivity index (χ1n) is 10.5. The number of amides is 1. The van der Waals surface area contributed by atoms with Crippen LogP contribution in [0.15, 0.2) is 0 Å². The molecule has 3 N–H and O–H groups in total. The zero-order valence-electron chi connectivity index (χ0n) is 19.4. The summed E-state index contributed by atoms with van der Waals surface area (Å²) in [7, 11) is 0. The van der Waals surface area contributed by atoms with Gasteiger partial charge < -0.3 is 44.2 Å². The molecule has 1 saturated heterocycles. The lowest BCUT2D eigenvalue weighted by molar-refractivity contribution is -0.279. The number of hydrogen-bond donors (Lipinski definition) is 2. The van der Waals surface area contributed by atoms with Gasteiger partial charge in [0.15, 0.2) is 18.5 Å². The lowest BCUT2D eigenvalue weighted by Crippen LogP contribution is -2.66. The Morgan fingerprint density at radius 3 is 1.94 bits per heavy atom. The zero-order chi connectivity index (χ0) is 24.8. The maximum Gasteiger partial charge on any atom is 0.303 e. The van der Waals surface area contributed by atoms with Gasteiger partial charge >= 0.3 is 17.9 Å². The molecule has 1 heterocycles. The SMILES string of the molecule is CC(=O)N[C@@H]1[C@H](OCCOCCOCCN)O[C@H](COC(C)=O)[C@H](OC(C)=O)[C@@H]1OC(C)=O. The van der Waals surface area contributed by atoms with Crippen LogP contribution < -0.4 is 11.1 Å². The van der Waals surface area contributed by atoms with Crippen LogP contribution >= 0.6 is 0 Å². The molecular formula is C20H34N2O11. The molecule has 0 aliphatic carbocycles. The smallest absolute Gasteiger partial charge is 0.303 e. The van der Waals surface area contributed by atoms with Gasteiger partial charge in [0.05, 0.1) is 33.0 Å². The average molecular weight is 478 g/mol. The van der Waals surface area contributed by atoms with Gasteiger partial charge in [-0.1, -0.05) is 0 Å². The highest BCUT2D eigenvalue weighted by Crippen LogP contribution is 2.28. The van der Waals surface area contributed by atoms with Crippen molar-refractivity contribution in [2.24, 2.45) is 5.73 Å². The molecule has 1 rings (SSSR count). The first-order chi connectivity index (χ1) is 15.6. The standard InChI is InChI=1S/C20H34N2O11/c1-12(23)22-17-19(32-15(4)26)18(31-14(3)25)16(11-30-13(2)24)33-20(17)29-10-9-28-8-7-27-6-5-21/h16-20H,5-11,21H2,1-4H3,(H,22,23)/t16-,17+,18+,19-,20-/m1/s1. The number of nitrogens with two attached hydrogens (primary N) is 1. The molecule has 1 fully saturated rings. The van der Waals surface area contributed by atoms with Gasteiger partial charge in [-0.2, -0.15) is 0 Å². The summed E-state index contributed by atoms with van der Waals surface area (Å²) in [6.45, 7) is 6.28. The van der Waals surface area contributed by atoms with Crippen molar-refractivity contribution in [1.29, 1.82) is 0 Å². The number of rotatable bonds is 14. The molecule has 33 heavy (non-hydrogen) atoms. The highest BCUT2D eigenvalue weighted by Gasteiger charge is 2.51. The third kappa shape index (κ3) is 11.4. The fourth-order valence-corrected chi connectivity index (χ4v) is 3.06. The molecular weight excluding hydrogens is 444 g/mol. The Bertz CT molecular complexity index is 646. The molecule has 0 aromatic rings. The van der Waals surface area contributed by atoms with Crippen molar-refractivity contribution < 1.29 is 52.3 Å². The van der Waals surface area contributed by atoms with Crippen molar-refractivity contribution in [3.05, 3.63) is 0 Å². The van der Waals surface area contributed by atoms with Crippen LogP contribution in [0, 0.1) is 0 Å². The summed E-state index contributed by atoms with van der Waals surface area (Å²) in [5.74, 6) is -2.40. The normalized spacial score (nSPS) is 24.6. The van der Waals surface area contributed by atoms with Crippen molar-refractivity contribution in [3.8, 4) is 0 Å². The Hall–Kier alpha value is -2.32. The van der Waals surface area contributed by atoms with E-state index in [-0.39, 0.29) is 19.8 Å². The van der Waals surface area contributed by atoms with Crippen LogP contribution in [-0.2, 0) is 52.3 Å². The average Bonchev–Trinajstić information content (AvgIpc) is 2.71. The van der Waals surface area contributed by atoms with E-state index in [4.69, 9.17) is 38.9 Å². The molecule has 0 bridgehead atoms. The minimum absolute atomic E-state index is 0.0585. The van der Waals surface area contributed by atoms with E-state index in [0.29, 0.717) is 26.4 Å². The van der Waals surface area contributed by atoms with Gasteiger partial charge in [-0.15, -0.1) is 0 Å². The second-order valence-corrected chi connectivity index (χ2v) is 7.10. The monoisotopic (exact) mass is 478 g/mol. The van der Waals surface area contributed by atoms with Crippen LogP contribution in [0.3, 0.4) is 0 Å². The van der Waals surface area contributed by atoms with E-state index in [1.54, 1.807) is 0 Å². The van der Waals surface area contributed by atoms with Gasteiger partial charge in [-0.25, -0.2) is 0 Å². The summed E-state index contributed by atoms with van der Waals surface area (Å²) in [4.78, 5) is 46.6. The van der Waals surface area contributed by atoms with Gasteiger partial charge in [0.1, 0.15) is 18.8 Å². The maximum absolute atomic E-state index is 11.8. The van der Waals surface area contributed by atoms with Gasteiger partial charge in [-0.05, 0) is 0 Å². The molecule has 13 nitrogen and oxygen atoms in total. The molecule has 0 radical (unpaired) electrons. The van der Waals surface area contributed by atoms with E-state index in [1.807, 2.05) is 0 Å². The fourth-order valence-electron chi connectivity index (χ4n) is 3.06. The van der Waals surface area contributed by atoms with Crippen molar-refractivity contribution in [3.63, 3.8) is 0 Å². The fraction of sp³-hybridized carbons (Fsp3) is 0.800. The van der Waals surface area contributed by atoms with E-state index < -0.39 is 54.5 Å². The second-order valence-electron chi connectivity index (χ2n) is 7.10. The minimum atomic E-state index is -1.17. The predicted molar refractivity (Wildman–Crippen MR) is 111 cm³/mol. The molecule has 1 aliphatic heterocycles. The number of carbonyl (C=O) groups excluding carboxylic acids is 4. The number of nitrogens with one attached hydrogen (secondary N) is 1. The van der Waals surface area contributed by atoms with Crippen LogP contribution in [0.2, 0.25) is 0 Å². The number of esters is 3. The summed E-state index contributed by atoms with van der Waals surface area (Å²) in [5.41, 5.74) is 5.33. The van der Waals surface area contributed by atoms with Crippen LogP contribution in [-0.4, -0.2) is 101 Å². The van der Waals surface area contributed by atoms with Crippen LogP contribution in [0.1, 0.15) is 27.7 Å². The Labute approximate surface area is 192 Å². The maximum atomic E-state index is 11.8. The van der Waals surface area contributed by atoms with E-state index in [2.05, 4.69) is 5.32 Å². The lowest BCUT2D eigenvalue weighted by Gasteiger charge is -2.44. The number of hydrogen-bond acceptors (Lipinski definition) is 12. The second kappa shape index (κ2) is 15.5. The summed E-state index contributed by atoms with van der Waals surface area (Å²) in [5, 5.41) is 2.61. The van der Waals surface area contributed by atoms with Crippen molar-refractivity contribution in [2.45, 2.75) is 58.3 Å². The lowest BCUT2D eigenvalue weighted by atomic mass is 9.96. The summed E-state index contributed by atoms with van der Waals surface area (Å²) in [6, 6.07) is -1.02. The third-order valence-corrected chi connectivity index (χ3v) is 4.22. The van der Waals surface area contributed by atoms with Crippen LogP contribution in [0.25, 0.3) is 0 Å². The Balaban J connectivity index is 2.95. The van der Waals surface area contributed by atoms with Gasteiger partial charge in [0, 0.05) is 34.2 Å². The molecule has 13 heteroatoms. The predicted octanol–water partition coefficient (Wildman–Crippen LogP) is -1.35. The van der Waals surface area contributed by atoms with Gasteiger partial charge in [-0.3, -0.25) is 19.2 Å². The summed E-state index contributed by atoms with van der Waals surface area (Å²) < 4.78 is 37.9. The highest BCUT2D eigenvalue weighted by atomic mass is 16.7. The van der Waals surface area contributed by atoms with Gasteiger partial charge in [0.2, 0.25) is 5.91 Å². The quantitative estimate of drug-likeness (QED) is 0.171. The van der Waals surface area contributed by atoms with Crippen molar-refractivity contribution in [2.75, 3.05) is 46.2 Å². The molecule has 1 amide bonds. The van der Waals surface area contributed by atoms with Crippen molar-refractivity contribution in [1.82, 2.24) is 5.32 Å². The first kappa shape index (κ1) is 28.7. The molecule has 190 valence electrons. The largest absolute Gasteiger partial charge is 0.463 e. The molecule has 0 spiro atoms. The Morgan fingerprint density at radius 1 is 0.818 bits per heavy atom. The summed E-state index contributed by atoms with van der Waals surface area (Å²) >= 11 is 0. The van der Waals surface area contributed by atoms with E-state index in [9.17, 15) is 19.2 Å². The summed E-state index contributed by atoms with van der Waals surface area (Å²) in [6.07, 6.45) is -4.48. The van der Waals surface area contributed by atoms with E-state index >= 15 is 0 Å². The third-order valence-electron chi connectivity index (χ3n) is 4.22. The molecule has 1 aliphatic rings. The number of carbonyl (C=O) groups is 4. The molecule has 5 atom stereocenters. The van der Waals surface area contributed by atoms with E-state index in [0.717, 1.165) is 6.92 Å². The van der Waals surface area contributed by atoms with Crippen molar-refractivity contribution >= 4 is 23.8 Å². The molecule has 0 aromatic carbocycles. The Morgan fingerprint density at radius 2 is 1.39 bits per heavy atom. The zero-order valence-corrected chi connectivity index (χ0v) is 19.4. The minimum Gasteiger partial charge on any atom is -0.463 e. The van der Waals surface area contributed by atoms with Crippen LogP contribution in [0.4, 0.5) is 0 Å².